The van der Waals surface area contributed by atoms with Crippen LogP contribution in [0, 0.1) is 6.92 Å². The van der Waals surface area contributed by atoms with Crippen LogP contribution in [0.5, 0.6) is 5.75 Å². The number of carbonyl (C=O) groups is 1. The Balaban J connectivity index is 2.05. The Morgan fingerprint density at radius 1 is 1.26 bits per heavy atom. The number of benzene rings is 2. The zero-order valence-corrected chi connectivity index (χ0v) is 12.1. The largest absolute Gasteiger partial charge is 0.508 e. The van der Waals surface area contributed by atoms with Gasteiger partial charge in [-0.3, -0.25) is 4.79 Å². The van der Waals surface area contributed by atoms with Crippen molar-refractivity contribution in [2.75, 3.05) is 5.32 Å². The van der Waals surface area contributed by atoms with Gasteiger partial charge < -0.3 is 10.4 Å². The summed E-state index contributed by atoms with van der Waals surface area (Å²) in [4.78, 5) is 11.9. The first-order chi connectivity index (χ1) is 9.06. The summed E-state index contributed by atoms with van der Waals surface area (Å²) < 4.78 is 0.952. The van der Waals surface area contributed by atoms with E-state index in [9.17, 15) is 9.90 Å². The number of halogens is 1. The van der Waals surface area contributed by atoms with Gasteiger partial charge in [0, 0.05) is 15.7 Å². The van der Waals surface area contributed by atoms with Gasteiger partial charge in [0.1, 0.15) is 5.75 Å². The Kier molecular flexibility index (Phi) is 4.22. The number of phenolic OH excluding ortho intramolecular Hbond substituents is 1. The van der Waals surface area contributed by atoms with Gasteiger partial charge in [-0.1, -0.05) is 40.2 Å². The van der Waals surface area contributed by atoms with Gasteiger partial charge >= 0.3 is 0 Å². The molecule has 2 N–H and O–H groups in total. The fourth-order valence-electron chi connectivity index (χ4n) is 1.71. The molecule has 0 aliphatic carbocycles. The van der Waals surface area contributed by atoms with Crippen LogP contribution in [0.2, 0.25) is 0 Å². The molecule has 1 amide bonds. The van der Waals surface area contributed by atoms with Crippen LogP contribution in [0.1, 0.15) is 11.1 Å². The molecule has 0 aromatic heterocycles. The lowest BCUT2D eigenvalue weighted by Crippen LogP contribution is -2.14. The number of carbonyl (C=O) groups excluding carboxylic acids is 1. The van der Waals surface area contributed by atoms with E-state index >= 15 is 0 Å². The Hall–Kier alpha value is -1.81. The number of phenols is 1. The molecule has 0 aliphatic rings. The highest BCUT2D eigenvalue weighted by atomic mass is 79.9. The van der Waals surface area contributed by atoms with Crippen molar-refractivity contribution in [3.63, 3.8) is 0 Å². The number of hydrogen-bond donors (Lipinski definition) is 2. The van der Waals surface area contributed by atoms with Crippen LogP contribution in [0.4, 0.5) is 5.69 Å². The minimum Gasteiger partial charge on any atom is -0.508 e. The maximum Gasteiger partial charge on any atom is 0.228 e. The van der Waals surface area contributed by atoms with Crippen molar-refractivity contribution in [3.05, 3.63) is 58.1 Å². The second kappa shape index (κ2) is 5.89. The summed E-state index contributed by atoms with van der Waals surface area (Å²) in [6, 6.07) is 12.5. The lowest BCUT2D eigenvalue weighted by Gasteiger charge is -2.08. The summed E-state index contributed by atoms with van der Waals surface area (Å²) in [5.41, 5.74) is 2.46. The van der Waals surface area contributed by atoms with Crippen LogP contribution in [0.25, 0.3) is 0 Å². The lowest BCUT2D eigenvalue weighted by atomic mass is 10.1. The third-order valence-electron chi connectivity index (χ3n) is 2.80. The highest BCUT2D eigenvalue weighted by Gasteiger charge is 2.08. The molecule has 0 unspecified atom stereocenters. The molecule has 2 aromatic rings. The van der Waals surface area contributed by atoms with Crippen LogP contribution >= 0.6 is 15.9 Å². The number of anilines is 1. The Labute approximate surface area is 120 Å². The average Bonchev–Trinajstić information content (AvgIpc) is 2.37. The maximum absolute atomic E-state index is 11.9. The van der Waals surface area contributed by atoms with Gasteiger partial charge in [-0.05, 0) is 30.7 Å². The molecule has 4 heteroatoms. The molecule has 98 valence electrons. The fourth-order valence-corrected chi connectivity index (χ4v) is 2.09. The van der Waals surface area contributed by atoms with Crippen LogP contribution < -0.4 is 5.32 Å². The Morgan fingerprint density at radius 2 is 2.00 bits per heavy atom. The van der Waals surface area contributed by atoms with E-state index in [1.165, 1.54) is 0 Å². The molecular weight excluding hydrogens is 306 g/mol. The minimum absolute atomic E-state index is 0.141. The number of amides is 1. The van der Waals surface area contributed by atoms with Crippen molar-refractivity contribution >= 4 is 27.5 Å². The molecule has 0 bridgehead atoms. The van der Waals surface area contributed by atoms with Gasteiger partial charge in [0.15, 0.2) is 0 Å². The molecule has 0 atom stereocenters. The molecule has 0 heterocycles. The van der Waals surface area contributed by atoms with E-state index in [-0.39, 0.29) is 18.1 Å². The molecule has 2 aromatic carbocycles. The van der Waals surface area contributed by atoms with Crippen molar-refractivity contribution in [3.8, 4) is 5.75 Å². The SMILES string of the molecule is Cc1ccc(NC(=O)Cc2ccccc2O)cc1Br. The van der Waals surface area contributed by atoms with E-state index in [1.54, 1.807) is 24.3 Å². The second-order valence-electron chi connectivity index (χ2n) is 4.32. The second-order valence-corrected chi connectivity index (χ2v) is 5.17. The van der Waals surface area contributed by atoms with Crippen molar-refractivity contribution in [1.29, 1.82) is 0 Å². The van der Waals surface area contributed by atoms with Gasteiger partial charge in [0.25, 0.3) is 0 Å². The summed E-state index contributed by atoms with van der Waals surface area (Å²) in [6.45, 7) is 1.98. The smallest absolute Gasteiger partial charge is 0.228 e. The zero-order chi connectivity index (χ0) is 13.8. The summed E-state index contributed by atoms with van der Waals surface area (Å²) >= 11 is 3.42. The van der Waals surface area contributed by atoms with Gasteiger partial charge in [-0.2, -0.15) is 0 Å². The van der Waals surface area contributed by atoms with E-state index < -0.39 is 0 Å². The molecule has 0 aliphatic heterocycles. The van der Waals surface area contributed by atoms with Crippen LogP contribution in [0.3, 0.4) is 0 Å². The quantitative estimate of drug-likeness (QED) is 0.907. The molecule has 2 rings (SSSR count). The van der Waals surface area contributed by atoms with E-state index in [1.807, 2.05) is 25.1 Å². The summed E-state index contributed by atoms with van der Waals surface area (Å²) in [5, 5.41) is 12.4. The third kappa shape index (κ3) is 3.58. The van der Waals surface area contributed by atoms with E-state index in [2.05, 4.69) is 21.2 Å². The van der Waals surface area contributed by atoms with Crippen LogP contribution in [-0.4, -0.2) is 11.0 Å². The van der Waals surface area contributed by atoms with Crippen molar-refractivity contribution in [2.24, 2.45) is 0 Å². The average molecular weight is 320 g/mol. The van der Waals surface area contributed by atoms with E-state index in [0.29, 0.717) is 5.56 Å². The summed E-state index contributed by atoms with van der Waals surface area (Å²) in [5.74, 6) is -0.0139. The molecule has 0 saturated heterocycles. The van der Waals surface area contributed by atoms with Gasteiger partial charge in [0.05, 0.1) is 6.42 Å². The summed E-state index contributed by atoms with van der Waals surface area (Å²) in [6.07, 6.45) is 0.151. The van der Waals surface area contributed by atoms with Gasteiger partial charge in [0.2, 0.25) is 5.91 Å². The van der Waals surface area contributed by atoms with Crippen molar-refractivity contribution in [1.82, 2.24) is 0 Å². The first kappa shape index (κ1) is 13.6. The predicted molar refractivity (Wildman–Crippen MR) is 79.3 cm³/mol. The number of rotatable bonds is 3. The lowest BCUT2D eigenvalue weighted by molar-refractivity contribution is -0.115. The molecule has 0 saturated carbocycles. The number of para-hydroxylation sites is 1. The molecule has 0 spiro atoms. The molecule has 0 radical (unpaired) electrons. The molecule has 0 fully saturated rings. The van der Waals surface area contributed by atoms with Gasteiger partial charge in [-0.25, -0.2) is 0 Å². The molecule has 19 heavy (non-hydrogen) atoms. The molecular formula is C15H14BrNO2. The topological polar surface area (TPSA) is 49.3 Å². The predicted octanol–water partition coefficient (Wildman–Crippen LogP) is 3.64. The van der Waals surface area contributed by atoms with E-state index in [4.69, 9.17) is 0 Å². The zero-order valence-electron chi connectivity index (χ0n) is 10.5. The number of aromatic hydroxyl groups is 1. The standard InChI is InChI=1S/C15H14BrNO2/c1-10-6-7-12(9-13(10)16)17-15(19)8-11-4-2-3-5-14(11)18/h2-7,9,18H,8H2,1H3,(H,17,19). The minimum atomic E-state index is -0.155. The van der Waals surface area contributed by atoms with E-state index in [0.717, 1.165) is 15.7 Å². The van der Waals surface area contributed by atoms with Crippen molar-refractivity contribution < 1.29 is 9.90 Å². The number of aryl methyl sites for hydroxylation is 1. The number of nitrogens with one attached hydrogen (secondary N) is 1. The highest BCUT2D eigenvalue weighted by Crippen LogP contribution is 2.21. The van der Waals surface area contributed by atoms with Crippen molar-refractivity contribution in [2.45, 2.75) is 13.3 Å². The third-order valence-corrected chi connectivity index (χ3v) is 3.65. The number of hydrogen-bond acceptors (Lipinski definition) is 2. The Bertz CT molecular complexity index is 611. The maximum atomic E-state index is 11.9. The monoisotopic (exact) mass is 319 g/mol. The Morgan fingerprint density at radius 3 is 2.68 bits per heavy atom. The first-order valence-corrected chi connectivity index (χ1v) is 6.68. The fraction of sp³-hybridized carbons (Fsp3) is 0.133. The van der Waals surface area contributed by atoms with Crippen LogP contribution in [-0.2, 0) is 11.2 Å². The van der Waals surface area contributed by atoms with Crippen LogP contribution in [0.15, 0.2) is 46.9 Å². The molecule has 3 nitrogen and oxygen atoms in total. The first-order valence-electron chi connectivity index (χ1n) is 5.89. The highest BCUT2D eigenvalue weighted by molar-refractivity contribution is 9.10. The van der Waals surface area contributed by atoms with Gasteiger partial charge in [-0.15, -0.1) is 0 Å². The normalized spacial score (nSPS) is 10.2. The summed E-state index contributed by atoms with van der Waals surface area (Å²) in [7, 11) is 0.